The van der Waals surface area contributed by atoms with Crippen LogP contribution in [0.3, 0.4) is 0 Å². The topological polar surface area (TPSA) is 90.9 Å². The molecular weight excluding hydrogens is 518 g/mol. The summed E-state index contributed by atoms with van der Waals surface area (Å²) in [4.78, 5) is 39.3. The summed E-state index contributed by atoms with van der Waals surface area (Å²) in [5.74, 6) is -1.27. The standard InChI is InChI=1S/C34H57NO6/c1-10-28(11-2)40-34(41-29(12-3)13-4)27(19-23(5)6)20-31(36)25(9)35-33(38)30(24(7)8)21-32(37)39-22-26-17-15-14-16-18-26/h14-18,23-25,27-30,34H,10-13,19-22H2,1-9H3,(H,35,38)/t25-,27?,30-/m0/s1. The molecule has 0 bridgehead atoms. The monoisotopic (exact) mass is 575 g/mol. The molecule has 0 aliphatic rings. The second-order valence-electron chi connectivity index (χ2n) is 12.0. The van der Waals surface area contributed by atoms with Gasteiger partial charge in [0, 0.05) is 12.3 Å². The maximum absolute atomic E-state index is 13.5. The van der Waals surface area contributed by atoms with E-state index in [2.05, 4.69) is 46.9 Å². The highest BCUT2D eigenvalue weighted by Crippen LogP contribution is 2.28. The van der Waals surface area contributed by atoms with E-state index in [4.69, 9.17) is 14.2 Å². The molecule has 0 heterocycles. The fourth-order valence-corrected chi connectivity index (χ4v) is 4.94. The zero-order valence-electron chi connectivity index (χ0n) is 27.1. The van der Waals surface area contributed by atoms with Gasteiger partial charge in [0.15, 0.2) is 12.1 Å². The molecular formula is C34H57NO6. The van der Waals surface area contributed by atoms with E-state index < -0.39 is 24.2 Å². The minimum atomic E-state index is -0.694. The van der Waals surface area contributed by atoms with Crippen LogP contribution in [0, 0.1) is 23.7 Å². The second kappa shape index (κ2) is 19.8. The van der Waals surface area contributed by atoms with E-state index in [-0.39, 0.29) is 55.2 Å². The molecule has 234 valence electrons. The van der Waals surface area contributed by atoms with Crippen molar-refractivity contribution >= 4 is 17.7 Å². The predicted octanol–water partition coefficient (Wildman–Crippen LogP) is 7.25. The third-order valence-corrected chi connectivity index (χ3v) is 7.71. The van der Waals surface area contributed by atoms with Gasteiger partial charge in [0.1, 0.15) is 6.61 Å². The number of carbonyl (C=O) groups is 3. The molecule has 1 aromatic carbocycles. The number of rotatable bonds is 21. The van der Waals surface area contributed by atoms with Crippen LogP contribution in [0.1, 0.15) is 113 Å². The Kier molecular flexibility index (Phi) is 17.8. The van der Waals surface area contributed by atoms with Crippen molar-refractivity contribution in [1.29, 1.82) is 0 Å². The lowest BCUT2D eigenvalue weighted by Crippen LogP contribution is -2.45. The number of ketones is 1. The van der Waals surface area contributed by atoms with E-state index in [9.17, 15) is 14.4 Å². The molecule has 0 aliphatic carbocycles. The molecule has 41 heavy (non-hydrogen) atoms. The van der Waals surface area contributed by atoms with E-state index in [1.807, 2.05) is 44.2 Å². The summed E-state index contributed by atoms with van der Waals surface area (Å²) >= 11 is 0. The van der Waals surface area contributed by atoms with Crippen molar-refractivity contribution < 1.29 is 28.6 Å². The van der Waals surface area contributed by atoms with E-state index in [0.717, 1.165) is 37.7 Å². The lowest BCUT2D eigenvalue weighted by Gasteiger charge is -2.34. The van der Waals surface area contributed by atoms with Crippen molar-refractivity contribution in [2.24, 2.45) is 23.7 Å². The molecule has 1 unspecified atom stereocenters. The molecule has 1 aromatic rings. The number of esters is 1. The quantitative estimate of drug-likeness (QED) is 0.123. The Balaban J connectivity index is 2.92. The summed E-state index contributed by atoms with van der Waals surface area (Å²) in [6, 6.07) is 8.75. The molecule has 7 heteroatoms. The molecule has 0 radical (unpaired) electrons. The van der Waals surface area contributed by atoms with Gasteiger partial charge in [-0.15, -0.1) is 0 Å². The summed E-state index contributed by atoms with van der Waals surface area (Å²) in [6.45, 7) is 18.4. The van der Waals surface area contributed by atoms with E-state index in [1.165, 1.54) is 0 Å². The number of hydrogen-bond acceptors (Lipinski definition) is 6. The van der Waals surface area contributed by atoms with Crippen LogP contribution < -0.4 is 5.32 Å². The fourth-order valence-electron chi connectivity index (χ4n) is 4.94. The minimum Gasteiger partial charge on any atom is -0.461 e. The van der Waals surface area contributed by atoms with Gasteiger partial charge in [-0.3, -0.25) is 14.4 Å². The summed E-state index contributed by atoms with van der Waals surface area (Å²) in [6.07, 6.45) is 4.11. The van der Waals surface area contributed by atoms with E-state index >= 15 is 0 Å². The van der Waals surface area contributed by atoms with Crippen LogP contribution in [0.4, 0.5) is 0 Å². The number of ether oxygens (including phenoxy) is 3. The number of benzene rings is 1. The van der Waals surface area contributed by atoms with E-state index in [1.54, 1.807) is 6.92 Å². The largest absolute Gasteiger partial charge is 0.461 e. The molecule has 0 fully saturated rings. The second-order valence-corrected chi connectivity index (χ2v) is 12.0. The van der Waals surface area contributed by atoms with Crippen molar-refractivity contribution in [3.05, 3.63) is 35.9 Å². The highest BCUT2D eigenvalue weighted by atomic mass is 16.7. The van der Waals surface area contributed by atoms with Gasteiger partial charge in [-0.25, -0.2) is 0 Å². The van der Waals surface area contributed by atoms with Crippen LogP contribution in [0.15, 0.2) is 30.3 Å². The zero-order chi connectivity index (χ0) is 30.9. The number of Topliss-reactive ketones (excluding diaryl/α,β-unsaturated/α-hetero) is 1. The van der Waals surface area contributed by atoms with Crippen molar-refractivity contribution in [3.8, 4) is 0 Å². The van der Waals surface area contributed by atoms with Crippen LogP contribution in [-0.4, -0.2) is 42.2 Å². The maximum atomic E-state index is 13.5. The van der Waals surface area contributed by atoms with Crippen LogP contribution in [-0.2, 0) is 35.2 Å². The first-order valence-corrected chi connectivity index (χ1v) is 15.8. The summed E-state index contributed by atoms with van der Waals surface area (Å²) in [7, 11) is 0. The summed E-state index contributed by atoms with van der Waals surface area (Å²) in [5, 5.41) is 2.89. The van der Waals surface area contributed by atoms with Gasteiger partial charge in [-0.1, -0.05) is 85.7 Å². The highest BCUT2D eigenvalue weighted by molar-refractivity contribution is 5.91. The van der Waals surface area contributed by atoms with Crippen LogP contribution >= 0.6 is 0 Å². The molecule has 0 aliphatic heterocycles. The Morgan fingerprint density at radius 3 is 1.78 bits per heavy atom. The molecule has 1 rings (SSSR count). The van der Waals surface area contributed by atoms with Crippen molar-refractivity contribution in [2.45, 2.75) is 138 Å². The Bertz CT molecular complexity index is 864. The fraction of sp³-hybridized carbons (Fsp3) is 0.735. The molecule has 0 aromatic heterocycles. The van der Waals surface area contributed by atoms with Gasteiger partial charge in [0.05, 0.1) is 30.6 Å². The third-order valence-electron chi connectivity index (χ3n) is 7.71. The van der Waals surface area contributed by atoms with Gasteiger partial charge < -0.3 is 19.5 Å². The average Bonchev–Trinajstić information content (AvgIpc) is 2.94. The van der Waals surface area contributed by atoms with Crippen molar-refractivity contribution in [2.75, 3.05) is 0 Å². The van der Waals surface area contributed by atoms with Crippen LogP contribution in [0.25, 0.3) is 0 Å². The Morgan fingerprint density at radius 1 is 0.780 bits per heavy atom. The Morgan fingerprint density at radius 2 is 1.32 bits per heavy atom. The average molecular weight is 576 g/mol. The molecule has 0 saturated heterocycles. The Labute approximate surface area is 249 Å². The first kappa shape index (κ1) is 36.8. The summed E-state index contributed by atoms with van der Waals surface area (Å²) in [5.41, 5.74) is 0.890. The van der Waals surface area contributed by atoms with E-state index in [0.29, 0.717) is 5.92 Å². The first-order chi connectivity index (χ1) is 19.4. The van der Waals surface area contributed by atoms with Crippen LogP contribution in [0.2, 0.25) is 0 Å². The van der Waals surface area contributed by atoms with Crippen molar-refractivity contribution in [1.82, 2.24) is 5.32 Å². The van der Waals surface area contributed by atoms with Crippen molar-refractivity contribution in [3.63, 3.8) is 0 Å². The molecule has 7 nitrogen and oxygen atoms in total. The molecule has 0 spiro atoms. The lowest BCUT2D eigenvalue weighted by atomic mass is 9.89. The summed E-state index contributed by atoms with van der Waals surface area (Å²) < 4.78 is 18.3. The first-order valence-electron chi connectivity index (χ1n) is 15.8. The normalized spacial score (nSPS) is 14.1. The zero-order valence-corrected chi connectivity index (χ0v) is 27.1. The number of hydrogen-bond donors (Lipinski definition) is 1. The highest BCUT2D eigenvalue weighted by Gasteiger charge is 2.33. The minimum absolute atomic E-state index is 0.0399. The van der Waals surface area contributed by atoms with Gasteiger partial charge in [0.25, 0.3) is 0 Å². The SMILES string of the molecule is CCC(CC)OC(OC(CC)CC)C(CC(=O)[C@H](C)NC(=O)[C@@H](CC(=O)OCc1ccccc1)C(C)C)CC(C)C. The molecule has 1 amide bonds. The van der Waals surface area contributed by atoms with Gasteiger partial charge >= 0.3 is 5.97 Å². The predicted molar refractivity (Wildman–Crippen MR) is 164 cm³/mol. The number of amides is 1. The lowest BCUT2D eigenvalue weighted by molar-refractivity contribution is -0.224. The smallest absolute Gasteiger partial charge is 0.306 e. The van der Waals surface area contributed by atoms with Gasteiger partial charge in [-0.2, -0.15) is 0 Å². The molecule has 0 saturated carbocycles. The van der Waals surface area contributed by atoms with Crippen LogP contribution in [0.5, 0.6) is 0 Å². The van der Waals surface area contributed by atoms with Gasteiger partial charge in [0.2, 0.25) is 5.91 Å². The van der Waals surface area contributed by atoms with Gasteiger partial charge in [-0.05, 0) is 56.4 Å². The third kappa shape index (κ3) is 14.0. The maximum Gasteiger partial charge on any atom is 0.306 e. The Hall–Kier alpha value is -2.25. The molecule has 1 N–H and O–H groups in total. The number of carbonyl (C=O) groups excluding carboxylic acids is 3. The molecule has 3 atom stereocenters. The number of nitrogens with one attached hydrogen (secondary N) is 1.